The number of amidine groups is 1. The summed E-state index contributed by atoms with van der Waals surface area (Å²) in [5.74, 6) is -3.29. The molecule has 0 radical (unpaired) electrons. The van der Waals surface area contributed by atoms with Crippen LogP contribution in [0.5, 0.6) is 0 Å². The van der Waals surface area contributed by atoms with Gasteiger partial charge in [0.25, 0.3) is 5.91 Å². The van der Waals surface area contributed by atoms with Crippen molar-refractivity contribution in [2.75, 3.05) is 13.2 Å². The van der Waals surface area contributed by atoms with E-state index in [1.807, 2.05) is 0 Å². The molecule has 0 saturated carbocycles. The predicted octanol–water partition coefficient (Wildman–Crippen LogP) is 2.47. The first-order valence-electron chi connectivity index (χ1n) is 7.66. The minimum Gasteiger partial charge on any atom is -0.478 e. The molecule has 0 aliphatic carbocycles. The second-order valence-corrected chi connectivity index (χ2v) is 5.17. The number of rotatable bonds is 7. The number of hydrogen-bond donors (Lipinski definition) is 2. The normalized spacial score (nSPS) is 11.0. The van der Waals surface area contributed by atoms with E-state index in [1.165, 1.54) is 24.3 Å². The van der Waals surface area contributed by atoms with Gasteiger partial charge in [-0.1, -0.05) is 11.2 Å². The molecule has 2 rings (SSSR count). The molecule has 140 valence electrons. The zero-order valence-corrected chi connectivity index (χ0v) is 14.0. The number of carboxylic acids is 1. The van der Waals surface area contributed by atoms with Gasteiger partial charge < -0.3 is 15.3 Å². The number of carbonyl (C=O) groups excluding carboxylic acids is 1. The van der Waals surface area contributed by atoms with Gasteiger partial charge in [0.1, 0.15) is 18.2 Å². The quantitative estimate of drug-likeness (QED) is 0.336. The lowest BCUT2D eigenvalue weighted by Crippen LogP contribution is -2.27. The van der Waals surface area contributed by atoms with Crippen LogP contribution in [0.3, 0.4) is 0 Å². The van der Waals surface area contributed by atoms with Crippen molar-refractivity contribution in [2.45, 2.75) is 0 Å². The van der Waals surface area contributed by atoms with E-state index in [2.05, 4.69) is 22.2 Å². The molecule has 7 nitrogen and oxygen atoms in total. The lowest BCUT2D eigenvalue weighted by atomic mass is 10.1. The molecule has 0 saturated heterocycles. The summed E-state index contributed by atoms with van der Waals surface area (Å²) in [4.78, 5) is 31.3. The molecule has 0 aliphatic rings. The van der Waals surface area contributed by atoms with Gasteiger partial charge in [-0.3, -0.25) is 4.79 Å². The average Bonchev–Trinajstić information content (AvgIpc) is 2.66. The number of aliphatic imine (C=N–C) groups is 1. The Labute approximate surface area is 153 Å². The fourth-order valence-electron chi connectivity index (χ4n) is 2.04. The maximum absolute atomic E-state index is 13.7. The number of benzene rings is 2. The highest BCUT2D eigenvalue weighted by Gasteiger charge is 2.11. The van der Waals surface area contributed by atoms with Gasteiger partial charge >= 0.3 is 5.97 Å². The molecule has 0 atom stereocenters. The predicted molar refractivity (Wildman–Crippen MR) is 94.1 cm³/mol. The summed E-state index contributed by atoms with van der Waals surface area (Å²) in [5.41, 5.74) is -0.0458. The third-order valence-corrected chi connectivity index (χ3v) is 3.32. The molecule has 27 heavy (non-hydrogen) atoms. The fraction of sp³-hybridized carbons (Fsp3) is 0.111. The fourth-order valence-corrected chi connectivity index (χ4v) is 2.04. The number of halogens is 2. The number of carbonyl (C=O) groups is 2. The van der Waals surface area contributed by atoms with E-state index in [1.54, 1.807) is 0 Å². The van der Waals surface area contributed by atoms with Crippen LogP contribution in [0, 0.1) is 11.6 Å². The summed E-state index contributed by atoms with van der Waals surface area (Å²) in [6, 6.07) is 8.31. The lowest BCUT2D eigenvalue weighted by molar-refractivity contribution is 0.0697. The summed E-state index contributed by atoms with van der Waals surface area (Å²) in [5, 5.41) is 15.0. The monoisotopic (exact) mass is 375 g/mol. The van der Waals surface area contributed by atoms with Crippen molar-refractivity contribution in [2.24, 2.45) is 10.1 Å². The van der Waals surface area contributed by atoms with Crippen LogP contribution in [0.25, 0.3) is 0 Å². The summed E-state index contributed by atoms with van der Waals surface area (Å²) in [6.45, 7) is 3.18. The first kappa shape index (κ1) is 19.7. The van der Waals surface area contributed by atoms with Crippen molar-refractivity contribution in [1.82, 2.24) is 5.32 Å². The van der Waals surface area contributed by atoms with Crippen LogP contribution in [0.2, 0.25) is 0 Å². The van der Waals surface area contributed by atoms with E-state index in [0.29, 0.717) is 0 Å². The minimum absolute atomic E-state index is 0.0117. The van der Waals surface area contributed by atoms with E-state index in [9.17, 15) is 18.4 Å². The number of amides is 1. The molecular weight excluding hydrogens is 360 g/mol. The summed E-state index contributed by atoms with van der Waals surface area (Å²) in [6.07, 6.45) is 0. The van der Waals surface area contributed by atoms with Gasteiger partial charge in [-0.15, -0.1) is 0 Å². The maximum atomic E-state index is 13.7. The highest BCUT2D eigenvalue weighted by Crippen LogP contribution is 2.12. The van der Waals surface area contributed by atoms with Crippen molar-refractivity contribution >= 4 is 24.4 Å². The van der Waals surface area contributed by atoms with Crippen LogP contribution in [0.15, 0.2) is 52.6 Å². The SMILES string of the molecule is C=N/C(=N\OCCNC(=O)c1cccc(C(=O)O)c1)c1cc(F)ccc1F. The van der Waals surface area contributed by atoms with Gasteiger partial charge in [-0.05, 0) is 43.1 Å². The average molecular weight is 375 g/mol. The summed E-state index contributed by atoms with van der Waals surface area (Å²) < 4.78 is 26.9. The van der Waals surface area contributed by atoms with Crippen LogP contribution in [0.1, 0.15) is 26.3 Å². The summed E-state index contributed by atoms with van der Waals surface area (Å²) in [7, 11) is 0. The van der Waals surface area contributed by atoms with Gasteiger partial charge in [0, 0.05) is 5.56 Å². The van der Waals surface area contributed by atoms with Crippen LogP contribution in [-0.4, -0.2) is 42.7 Å². The van der Waals surface area contributed by atoms with Gasteiger partial charge in [-0.25, -0.2) is 18.6 Å². The molecule has 0 heterocycles. The third kappa shape index (κ3) is 5.43. The topological polar surface area (TPSA) is 100 Å². The zero-order valence-electron chi connectivity index (χ0n) is 14.0. The van der Waals surface area contributed by atoms with Crippen LogP contribution < -0.4 is 5.32 Å². The first-order chi connectivity index (χ1) is 12.9. The van der Waals surface area contributed by atoms with Crippen molar-refractivity contribution in [3.05, 3.63) is 70.8 Å². The van der Waals surface area contributed by atoms with Gasteiger partial charge in [0.2, 0.25) is 5.84 Å². The third-order valence-electron chi connectivity index (χ3n) is 3.32. The molecule has 0 aliphatic heterocycles. The standard InChI is InChI=1S/C18H15F2N3O4/c1-21-16(14-10-13(19)5-6-15(14)20)23-27-8-7-22-17(24)11-3-2-4-12(9-11)18(25)26/h2-6,9-10H,1,7-8H2,(H,22,24)(H,25,26)/b23-16-. The molecule has 0 spiro atoms. The van der Waals surface area contributed by atoms with E-state index in [4.69, 9.17) is 9.94 Å². The van der Waals surface area contributed by atoms with Crippen molar-refractivity contribution in [3.8, 4) is 0 Å². The number of nitrogens with zero attached hydrogens (tertiary/aromatic N) is 2. The molecule has 0 fully saturated rings. The van der Waals surface area contributed by atoms with Crippen LogP contribution >= 0.6 is 0 Å². The molecule has 2 N–H and O–H groups in total. The van der Waals surface area contributed by atoms with Crippen molar-refractivity contribution < 1.29 is 28.3 Å². The zero-order chi connectivity index (χ0) is 19.8. The highest BCUT2D eigenvalue weighted by molar-refractivity contribution is 6.01. The number of aromatic carboxylic acids is 1. The molecule has 0 aromatic heterocycles. The largest absolute Gasteiger partial charge is 0.478 e. The second kappa shape index (κ2) is 9.18. The van der Waals surface area contributed by atoms with Gasteiger partial charge in [0.05, 0.1) is 17.7 Å². The number of hydrogen-bond acceptors (Lipinski definition) is 4. The maximum Gasteiger partial charge on any atom is 0.335 e. The highest BCUT2D eigenvalue weighted by atomic mass is 19.1. The Kier molecular flexibility index (Phi) is 6.70. The number of oxime groups is 1. The minimum atomic E-state index is -1.14. The molecule has 2 aromatic rings. The molecular formula is C18H15F2N3O4. The van der Waals surface area contributed by atoms with Crippen molar-refractivity contribution in [3.63, 3.8) is 0 Å². The smallest absolute Gasteiger partial charge is 0.335 e. The second-order valence-electron chi connectivity index (χ2n) is 5.17. The van der Waals surface area contributed by atoms with E-state index in [-0.39, 0.29) is 35.7 Å². The van der Waals surface area contributed by atoms with Crippen LogP contribution in [0.4, 0.5) is 8.78 Å². The number of carboxylic acid groups (broad SMARTS) is 1. The molecule has 9 heteroatoms. The van der Waals surface area contributed by atoms with E-state index >= 15 is 0 Å². The molecule has 1 amide bonds. The Morgan fingerprint density at radius 3 is 2.59 bits per heavy atom. The Morgan fingerprint density at radius 2 is 1.89 bits per heavy atom. The van der Waals surface area contributed by atoms with Gasteiger partial charge in [-0.2, -0.15) is 0 Å². The van der Waals surface area contributed by atoms with Crippen molar-refractivity contribution in [1.29, 1.82) is 0 Å². The molecule has 0 unspecified atom stereocenters. The molecule has 0 bridgehead atoms. The van der Waals surface area contributed by atoms with Crippen LogP contribution in [-0.2, 0) is 4.84 Å². The Morgan fingerprint density at radius 1 is 1.15 bits per heavy atom. The Balaban J connectivity index is 1.90. The van der Waals surface area contributed by atoms with E-state index in [0.717, 1.165) is 18.2 Å². The summed E-state index contributed by atoms with van der Waals surface area (Å²) >= 11 is 0. The Bertz CT molecular complexity index is 900. The lowest BCUT2D eigenvalue weighted by Gasteiger charge is -2.06. The number of nitrogens with one attached hydrogen (secondary N) is 1. The first-order valence-corrected chi connectivity index (χ1v) is 7.66. The van der Waals surface area contributed by atoms with Gasteiger partial charge in [0.15, 0.2) is 0 Å². The Hall–Kier alpha value is -3.62. The van der Waals surface area contributed by atoms with E-state index < -0.39 is 23.5 Å². The molecule has 2 aromatic carbocycles.